The molecule has 1 heterocycles. The second-order valence-electron chi connectivity index (χ2n) is 6.17. The maximum absolute atomic E-state index is 12.1. The van der Waals surface area contributed by atoms with Gasteiger partial charge in [-0.25, -0.2) is 4.79 Å². The second kappa shape index (κ2) is 5.45. The Morgan fingerprint density at radius 3 is 2.85 bits per heavy atom. The zero-order valence-electron chi connectivity index (χ0n) is 12.4. The number of carbonyl (C=O) groups is 1. The van der Waals surface area contributed by atoms with Crippen LogP contribution in [0.3, 0.4) is 0 Å². The van der Waals surface area contributed by atoms with Crippen LogP contribution in [0.1, 0.15) is 43.2 Å². The summed E-state index contributed by atoms with van der Waals surface area (Å²) < 4.78 is 5.40. The molecule has 1 aliphatic carbocycles. The summed E-state index contributed by atoms with van der Waals surface area (Å²) in [6.45, 7) is 5.60. The first-order valence-electron chi connectivity index (χ1n) is 6.77. The summed E-state index contributed by atoms with van der Waals surface area (Å²) in [5, 5.41) is 11.2. The number of thiophene rings is 1. The van der Waals surface area contributed by atoms with Crippen molar-refractivity contribution < 1.29 is 9.53 Å². The molecule has 1 aromatic rings. The average molecular weight is 292 g/mol. The number of likely N-dealkylation sites (N-methyl/N-ethyl adjacent to an activating group) is 1. The van der Waals surface area contributed by atoms with Crippen molar-refractivity contribution in [3.8, 4) is 6.07 Å². The van der Waals surface area contributed by atoms with Gasteiger partial charge in [-0.2, -0.15) is 5.26 Å². The van der Waals surface area contributed by atoms with Gasteiger partial charge in [0.05, 0.1) is 0 Å². The number of hydrogen-bond acceptors (Lipinski definition) is 4. The fourth-order valence-electron chi connectivity index (χ4n) is 2.42. The number of hydrogen-bond donors (Lipinski definition) is 0. The van der Waals surface area contributed by atoms with Crippen LogP contribution < -0.4 is 0 Å². The van der Waals surface area contributed by atoms with Gasteiger partial charge in [0.25, 0.3) is 0 Å². The van der Waals surface area contributed by atoms with E-state index >= 15 is 0 Å². The van der Waals surface area contributed by atoms with Crippen molar-refractivity contribution in [1.29, 1.82) is 5.26 Å². The van der Waals surface area contributed by atoms with Crippen molar-refractivity contribution in [2.24, 2.45) is 0 Å². The Morgan fingerprint density at radius 2 is 2.25 bits per heavy atom. The van der Waals surface area contributed by atoms with Gasteiger partial charge in [0.15, 0.2) is 0 Å². The third-order valence-corrected chi connectivity index (χ3v) is 4.47. The van der Waals surface area contributed by atoms with Gasteiger partial charge in [-0.3, -0.25) is 0 Å². The molecule has 0 unspecified atom stereocenters. The van der Waals surface area contributed by atoms with Crippen molar-refractivity contribution >= 4 is 17.4 Å². The summed E-state index contributed by atoms with van der Waals surface area (Å²) >= 11 is 1.50. The largest absolute Gasteiger partial charge is 0.444 e. The minimum absolute atomic E-state index is 0.110. The van der Waals surface area contributed by atoms with E-state index in [1.54, 1.807) is 11.9 Å². The van der Waals surface area contributed by atoms with E-state index in [0.29, 0.717) is 0 Å². The highest BCUT2D eigenvalue weighted by molar-refractivity contribution is 7.10. The van der Waals surface area contributed by atoms with Crippen molar-refractivity contribution in [3.63, 3.8) is 0 Å². The zero-order chi connectivity index (χ0) is 14.9. The third kappa shape index (κ3) is 3.13. The molecule has 5 heteroatoms. The molecule has 1 amide bonds. The van der Waals surface area contributed by atoms with Crippen LogP contribution in [0.2, 0.25) is 0 Å². The molecule has 1 aliphatic rings. The molecule has 0 N–H and O–H groups in total. The van der Waals surface area contributed by atoms with Crippen LogP contribution in [-0.4, -0.2) is 29.7 Å². The summed E-state index contributed by atoms with van der Waals surface area (Å²) in [7, 11) is 1.78. The second-order valence-corrected chi connectivity index (χ2v) is 7.05. The molecule has 0 spiro atoms. The molecule has 0 bridgehead atoms. The molecule has 0 radical (unpaired) electrons. The van der Waals surface area contributed by atoms with Gasteiger partial charge in [-0.15, -0.1) is 11.3 Å². The van der Waals surface area contributed by atoms with Crippen LogP contribution >= 0.6 is 11.3 Å². The predicted octanol–water partition coefficient (Wildman–Crippen LogP) is 3.34. The molecule has 2 rings (SSSR count). The Morgan fingerprint density at radius 1 is 1.55 bits per heavy atom. The summed E-state index contributed by atoms with van der Waals surface area (Å²) in [6, 6.07) is 2.36. The van der Waals surface area contributed by atoms with Crippen molar-refractivity contribution in [2.75, 3.05) is 7.05 Å². The molecule has 0 saturated heterocycles. The Hall–Kier alpha value is -1.54. The topological polar surface area (TPSA) is 53.3 Å². The highest BCUT2D eigenvalue weighted by Crippen LogP contribution is 2.31. The van der Waals surface area contributed by atoms with E-state index in [2.05, 4.69) is 11.4 Å². The molecule has 108 valence electrons. The molecule has 0 saturated carbocycles. The third-order valence-electron chi connectivity index (χ3n) is 3.50. The molecule has 1 aromatic heterocycles. The predicted molar refractivity (Wildman–Crippen MR) is 78.8 cm³/mol. The van der Waals surface area contributed by atoms with Crippen molar-refractivity contribution in [2.45, 2.75) is 51.7 Å². The highest BCUT2D eigenvalue weighted by Gasteiger charge is 2.30. The Labute approximate surface area is 124 Å². The Bertz CT molecular complexity index is 551. The summed E-state index contributed by atoms with van der Waals surface area (Å²) in [4.78, 5) is 14.6. The van der Waals surface area contributed by atoms with Crippen LogP contribution in [0.5, 0.6) is 0 Å². The van der Waals surface area contributed by atoms with E-state index in [4.69, 9.17) is 10.00 Å². The maximum atomic E-state index is 12.1. The molecule has 1 atom stereocenters. The van der Waals surface area contributed by atoms with Crippen LogP contribution in [-0.2, 0) is 17.6 Å². The Kier molecular flexibility index (Phi) is 4.05. The molecular weight excluding hydrogens is 272 g/mol. The lowest BCUT2D eigenvalue weighted by Crippen LogP contribution is -2.43. The molecule has 4 nitrogen and oxygen atoms in total. The standard InChI is InChI=1S/C15H20N2O2S/c1-15(2,3)19-14(18)17(4)11-6-5-10-9-20-13(8-16)12(10)7-11/h9,11H,5-7H2,1-4H3/t11-/m1/s1. The number of aryl methyl sites for hydroxylation is 1. The van der Waals surface area contributed by atoms with Gasteiger partial charge >= 0.3 is 6.09 Å². The molecule has 20 heavy (non-hydrogen) atoms. The monoisotopic (exact) mass is 292 g/mol. The van der Waals surface area contributed by atoms with Crippen molar-refractivity contribution in [1.82, 2.24) is 4.90 Å². The van der Waals surface area contributed by atoms with E-state index < -0.39 is 5.60 Å². The molecule has 0 aromatic carbocycles. The van der Waals surface area contributed by atoms with Gasteiger partial charge in [0, 0.05) is 13.1 Å². The van der Waals surface area contributed by atoms with Crippen LogP contribution in [0.4, 0.5) is 4.79 Å². The first-order valence-corrected chi connectivity index (χ1v) is 7.65. The fourth-order valence-corrected chi connectivity index (χ4v) is 3.35. The van der Waals surface area contributed by atoms with E-state index in [-0.39, 0.29) is 12.1 Å². The highest BCUT2D eigenvalue weighted by atomic mass is 32.1. The van der Waals surface area contributed by atoms with E-state index in [1.807, 2.05) is 20.8 Å². The number of carbonyl (C=O) groups excluding carboxylic acids is 1. The SMILES string of the molecule is CN(C(=O)OC(C)(C)C)[C@@H]1CCc2csc(C#N)c2C1. The summed E-state index contributed by atoms with van der Waals surface area (Å²) in [6.07, 6.45) is 2.30. The van der Waals surface area contributed by atoms with E-state index in [0.717, 1.165) is 29.7 Å². The van der Waals surface area contributed by atoms with Gasteiger partial charge in [0.1, 0.15) is 16.5 Å². The Balaban J connectivity index is 2.09. The summed E-state index contributed by atoms with van der Waals surface area (Å²) in [5.74, 6) is 0. The lowest BCUT2D eigenvalue weighted by Gasteiger charge is -2.33. The minimum Gasteiger partial charge on any atom is -0.444 e. The van der Waals surface area contributed by atoms with Gasteiger partial charge < -0.3 is 9.64 Å². The average Bonchev–Trinajstić information content (AvgIpc) is 2.77. The number of nitrogens with zero attached hydrogens (tertiary/aromatic N) is 2. The van der Waals surface area contributed by atoms with Gasteiger partial charge in [0.2, 0.25) is 0 Å². The number of rotatable bonds is 1. The first kappa shape index (κ1) is 14.9. The van der Waals surface area contributed by atoms with Crippen LogP contribution in [0.25, 0.3) is 0 Å². The van der Waals surface area contributed by atoms with Crippen LogP contribution in [0.15, 0.2) is 5.38 Å². The number of ether oxygens (including phenoxy) is 1. The van der Waals surface area contributed by atoms with E-state index in [1.165, 1.54) is 16.9 Å². The normalized spacial score (nSPS) is 18.1. The quantitative estimate of drug-likeness (QED) is 0.797. The van der Waals surface area contributed by atoms with Gasteiger partial charge in [-0.1, -0.05) is 0 Å². The van der Waals surface area contributed by atoms with Gasteiger partial charge in [-0.05, 0) is 56.5 Å². The lowest BCUT2D eigenvalue weighted by molar-refractivity contribution is 0.0210. The lowest BCUT2D eigenvalue weighted by atomic mass is 9.89. The minimum atomic E-state index is -0.481. The fraction of sp³-hybridized carbons (Fsp3) is 0.600. The van der Waals surface area contributed by atoms with Crippen LogP contribution in [0, 0.1) is 11.3 Å². The molecular formula is C15H20N2O2S. The summed E-state index contributed by atoms with van der Waals surface area (Å²) in [5.41, 5.74) is 1.90. The first-order chi connectivity index (χ1) is 9.31. The van der Waals surface area contributed by atoms with Crippen molar-refractivity contribution in [3.05, 3.63) is 21.4 Å². The number of nitriles is 1. The number of fused-ring (bicyclic) bond motifs is 1. The zero-order valence-corrected chi connectivity index (χ0v) is 13.2. The smallest absolute Gasteiger partial charge is 0.410 e. The maximum Gasteiger partial charge on any atom is 0.410 e. The molecule has 0 aliphatic heterocycles. The van der Waals surface area contributed by atoms with E-state index in [9.17, 15) is 4.79 Å². The molecule has 0 fully saturated rings. The number of amides is 1.